The number of carboxylic acid groups (broad SMARTS) is 1. The van der Waals surface area contributed by atoms with Gasteiger partial charge in [0.1, 0.15) is 6.04 Å². The van der Waals surface area contributed by atoms with Crippen LogP contribution in [-0.2, 0) is 15.0 Å². The predicted octanol–water partition coefficient (Wildman–Crippen LogP) is 0.264. The minimum atomic E-state index is -3.60. The molecule has 0 aromatic heterocycles. The number of nitrogens with zero attached hydrogens (tertiary/aromatic N) is 2. The van der Waals surface area contributed by atoms with Crippen molar-refractivity contribution in [2.45, 2.75) is 44.7 Å². The van der Waals surface area contributed by atoms with Crippen LogP contribution < -0.4 is 0 Å². The maximum Gasteiger partial charge on any atom is 0.322 e. The third-order valence-corrected chi connectivity index (χ3v) is 5.74. The first-order valence-corrected chi connectivity index (χ1v) is 7.35. The van der Waals surface area contributed by atoms with E-state index in [0.29, 0.717) is 25.9 Å². The molecular formula is C10H18N2O4S. The van der Waals surface area contributed by atoms with E-state index in [1.165, 1.54) is 4.31 Å². The summed E-state index contributed by atoms with van der Waals surface area (Å²) in [6, 6.07) is -0.900. The van der Waals surface area contributed by atoms with Gasteiger partial charge in [0.15, 0.2) is 0 Å². The SMILES string of the molecule is CC1CCCN1S(=O)(=O)N1CCC[C@H]1C(=O)O. The van der Waals surface area contributed by atoms with Crippen LogP contribution in [0, 0.1) is 0 Å². The summed E-state index contributed by atoms with van der Waals surface area (Å²) in [5.41, 5.74) is 0. The van der Waals surface area contributed by atoms with E-state index in [1.54, 1.807) is 0 Å². The molecule has 1 N–H and O–H groups in total. The minimum Gasteiger partial charge on any atom is -0.480 e. The van der Waals surface area contributed by atoms with E-state index in [4.69, 9.17) is 5.11 Å². The molecule has 0 aromatic carbocycles. The maximum atomic E-state index is 12.3. The van der Waals surface area contributed by atoms with E-state index in [-0.39, 0.29) is 6.04 Å². The molecule has 0 bridgehead atoms. The van der Waals surface area contributed by atoms with Crippen molar-refractivity contribution in [2.24, 2.45) is 0 Å². The summed E-state index contributed by atoms with van der Waals surface area (Å²) in [6.45, 7) is 2.70. The van der Waals surface area contributed by atoms with Crippen LogP contribution in [0.2, 0.25) is 0 Å². The third-order valence-electron chi connectivity index (χ3n) is 3.57. The lowest BCUT2D eigenvalue weighted by molar-refractivity contribution is -0.140. The zero-order chi connectivity index (χ0) is 12.6. The fourth-order valence-electron chi connectivity index (χ4n) is 2.65. The number of hydrogen-bond acceptors (Lipinski definition) is 3. The third kappa shape index (κ3) is 2.19. The largest absolute Gasteiger partial charge is 0.480 e. The molecule has 2 fully saturated rings. The highest BCUT2D eigenvalue weighted by molar-refractivity contribution is 7.86. The lowest BCUT2D eigenvalue weighted by atomic mass is 10.2. The van der Waals surface area contributed by atoms with Gasteiger partial charge >= 0.3 is 5.97 Å². The Bertz CT molecular complexity index is 409. The van der Waals surface area contributed by atoms with Crippen LogP contribution in [0.25, 0.3) is 0 Å². The number of carbonyl (C=O) groups is 1. The Morgan fingerprint density at radius 3 is 2.29 bits per heavy atom. The van der Waals surface area contributed by atoms with Gasteiger partial charge in [-0.05, 0) is 32.6 Å². The highest BCUT2D eigenvalue weighted by atomic mass is 32.2. The average molecular weight is 262 g/mol. The topological polar surface area (TPSA) is 77.9 Å². The van der Waals surface area contributed by atoms with Gasteiger partial charge in [0, 0.05) is 19.1 Å². The molecule has 0 amide bonds. The van der Waals surface area contributed by atoms with Crippen LogP contribution in [0.3, 0.4) is 0 Å². The van der Waals surface area contributed by atoms with Crippen LogP contribution in [0.1, 0.15) is 32.6 Å². The molecular weight excluding hydrogens is 244 g/mol. The maximum absolute atomic E-state index is 12.3. The predicted molar refractivity (Wildman–Crippen MR) is 61.7 cm³/mol. The monoisotopic (exact) mass is 262 g/mol. The Hall–Kier alpha value is -0.660. The van der Waals surface area contributed by atoms with E-state index in [9.17, 15) is 13.2 Å². The molecule has 2 aliphatic rings. The second kappa shape index (κ2) is 4.55. The number of hydrogen-bond donors (Lipinski definition) is 1. The van der Waals surface area contributed by atoms with E-state index < -0.39 is 22.2 Å². The summed E-state index contributed by atoms with van der Waals surface area (Å²) in [5.74, 6) is -1.04. The molecule has 2 heterocycles. The van der Waals surface area contributed by atoms with Crippen LogP contribution in [0.15, 0.2) is 0 Å². The van der Waals surface area contributed by atoms with E-state index >= 15 is 0 Å². The molecule has 2 saturated heterocycles. The Kier molecular flexibility index (Phi) is 3.42. The van der Waals surface area contributed by atoms with E-state index in [2.05, 4.69) is 0 Å². The second-order valence-corrected chi connectivity index (χ2v) is 6.55. The van der Waals surface area contributed by atoms with Gasteiger partial charge < -0.3 is 5.11 Å². The van der Waals surface area contributed by atoms with Gasteiger partial charge in [0.05, 0.1) is 0 Å². The molecule has 7 heteroatoms. The van der Waals surface area contributed by atoms with Gasteiger partial charge in [0.25, 0.3) is 10.2 Å². The molecule has 2 atom stereocenters. The lowest BCUT2D eigenvalue weighted by Crippen LogP contribution is -2.49. The summed E-state index contributed by atoms with van der Waals surface area (Å²) >= 11 is 0. The van der Waals surface area contributed by atoms with Crippen LogP contribution in [-0.4, -0.2) is 53.3 Å². The average Bonchev–Trinajstić information content (AvgIpc) is 2.84. The molecule has 0 radical (unpaired) electrons. The highest BCUT2D eigenvalue weighted by Crippen LogP contribution is 2.28. The summed E-state index contributed by atoms with van der Waals surface area (Å²) < 4.78 is 27.3. The van der Waals surface area contributed by atoms with Crippen molar-refractivity contribution in [2.75, 3.05) is 13.1 Å². The minimum absolute atomic E-state index is 0.0185. The van der Waals surface area contributed by atoms with Crippen LogP contribution >= 0.6 is 0 Å². The van der Waals surface area contributed by atoms with Crippen molar-refractivity contribution >= 4 is 16.2 Å². The lowest BCUT2D eigenvalue weighted by Gasteiger charge is -2.29. The molecule has 6 nitrogen and oxygen atoms in total. The Morgan fingerprint density at radius 1 is 1.18 bits per heavy atom. The molecule has 2 aliphatic heterocycles. The van der Waals surface area contributed by atoms with Gasteiger partial charge in [-0.3, -0.25) is 4.79 Å². The van der Waals surface area contributed by atoms with E-state index in [1.807, 2.05) is 6.92 Å². The number of carboxylic acids is 1. The standard InChI is InChI=1S/C10H18N2O4S/c1-8-4-2-6-11(8)17(15,16)12-7-3-5-9(12)10(13)14/h8-9H,2-7H2,1H3,(H,13,14)/t8?,9-/m0/s1. The highest BCUT2D eigenvalue weighted by Gasteiger charge is 2.43. The normalized spacial score (nSPS) is 32.1. The van der Waals surface area contributed by atoms with Crippen molar-refractivity contribution in [3.8, 4) is 0 Å². The van der Waals surface area contributed by atoms with Crippen molar-refractivity contribution in [1.82, 2.24) is 8.61 Å². The molecule has 98 valence electrons. The molecule has 1 unspecified atom stereocenters. The van der Waals surface area contributed by atoms with Gasteiger partial charge in [-0.1, -0.05) is 0 Å². The molecule has 17 heavy (non-hydrogen) atoms. The van der Waals surface area contributed by atoms with Crippen molar-refractivity contribution in [3.05, 3.63) is 0 Å². The second-order valence-electron chi connectivity index (χ2n) is 4.72. The summed E-state index contributed by atoms with van der Waals surface area (Å²) in [7, 11) is -3.60. The van der Waals surface area contributed by atoms with Crippen molar-refractivity contribution in [1.29, 1.82) is 0 Å². The fourth-order valence-corrected chi connectivity index (χ4v) is 4.71. The van der Waals surface area contributed by atoms with Gasteiger partial charge in [-0.2, -0.15) is 17.0 Å². The molecule has 0 aliphatic carbocycles. The Morgan fingerprint density at radius 2 is 1.76 bits per heavy atom. The van der Waals surface area contributed by atoms with Crippen molar-refractivity contribution in [3.63, 3.8) is 0 Å². The Balaban J connectivity index is 2.23. The fraction of sp³-hybridized carbons (Fsp3) is 0.900. The smallest absolute Gasteiger partial charge is 0.322 e. The van der Waals surface area contributed by atoms with E-state index in [0.717, 1.165) is 17.1 Å². The summed E-state index contributed by atoms with van der Waals surface area (Å²) in [5, 5.41) is 9.03. The van der Waals surface area contributed by atoms with Gasteiger partial charge in [-0.15, -0.1) is 0 Å². The van der Waals surface area contributed by atoms with Crippen LogP contribution in [0.4, 0.5) is 0 Å². The zero-order valence-corrected chi connectivity index (χ0v) is 10.7. The first-order chi connectivity index (χ1) is 7.94. The molecule has 0 spiro atoms. The zero-order valence-electron chi connectivity index (χ0n) is 9.87. The number of aliphatic carboxylic acids is 1. The van der Waals surface area contributed by atoms with Gasteiger partial charge in [-0.25, -0.2) is 0 Å². The summed E-state index contributed by atoms with van der Waals surface area (Å²) in [4.78, 5) is 11.0. The number of rotatable bonds is 3. The van der Waals surface area contributed by atoms with Crippen LogP contribution in [0.5, 0.6) is 0 Å². The first kappa shape index (κ1) is 12.8. The molecule has 2 rings (SSSR count). The summed E-state index contributed by atoms with van der Waals surface area (Å²) in [6.07, 6.45) is 2.74. The van der Waals surface area contributed by atoms with Crippen molar-refractivity contribution < 1.29 is 18.3 Å². The molecule has 0 saturated carbocycles. The first-order valence-electron chi connectivity index (χ1n) is 5.96. The van der Waals surface area contributed by atoms with Gasteiger partial charge in [0.2, 0.25) is 0 Å². The quantitative estimate of drug-likeness (QED) is 0.791. The Labute approximate surface area is 101 Å². The molecule has 0 aromatic rings.